The van der Waals surface area contributed by atoms with Crippen LogP contribution in [0.15, 0.2) is 18.2 Å². The molecule has 2 rings (SSSR count). The van der Waals surface area contributed by atoms with Crippen LogP contribution in [0, 0.1) is 13.8 Å². The average Bonchev–Trinajstić information content (AvgIpc) is 2.87. The molecule has 0 saturated carbocycles. The third kappa shape index (κ3) is 5.28. The largest absolute Gasteiger partial charge is 0.484 e. The van der Waals surface area contributed by atoms with Gasteiger partial charge in [0.1, 0.15) is 12.3 Å². The summed E-state index contributed by atoms with van der Waals surface area (Å²) in [6, 6.07) is 5.67. The fourth-order valence-electron chi connectivity index (χ4n) is 2.42. The van der Waals surface area contributed by atoms with Gasteiger partial charge in [-0.05, 0) is 43.5 Å². The molecule has 3 amide bonds. The van der Waals surface area contributed by atoms with Gasteiger partial charge in [-0.1, -0.05) is 6.07 Å². The number of nitrogens with one attached hydrogen (secondary N) is 2. The van der Waals surface area contributed by atoms with E-state index in [-0.39, 0.29) is 19.1 Å². The van der Waals surface area contributed by atoms with Crippen LogP contribution in [0.1, 0.15) is 24.0 Å². The quantitative estimate of drug-likeness (QED) is 0.772. The van der Waals surface area contributed by atoms with Gasteiger partial charge in [0.2, 0.25) is 5.91 Å². The molecule has 1 aliphatic rings. The van der Waals surface area contributed by atoms with Crippen LogP contribution in [0.25, 0.3) is 0 Å². The van der Waals surface area contributed by atoms with Crippen LogP contribution in [0.4, 0.5) is 0 Å². The molecule has 0 aromatic heterocycles. The summed E-state index contributed by atoms with van der Waals surface area (Å²) >= 11 is 0. The highest BCUT2D eigenvalue weighted by atomic mass is 16.5. The van der Waals surface area contributed by atoms with Gasteiger partial charge in [-0.3, -0.25) is 25.2 Å². The van der Waals surface area contributed by atoms with Crippen LogP contribution in [-0.2, 0) is 14.4 Å². The zero-order chi connectivity index (χ0) is 16.8. The molecule has 1 aliphatic heterocycles. The number of hydrazine groups is 1. The Morgan fingerprint density at radius 2 is 1.78 bits per heavy atom. The molecular weight excluding hydrogens is 298 g/mol. The highest BCUT2D eigenvalue weighted by Gasteiger charge is 2.22. The predicted octanol–water partition coefficient (Wildman–Crippen LogP) is 0.452. The van der Waals surface area contributed by atoms with Crippen LogP contribution in [0.2, 0.25) is 0 Å². The van der Waals surface area contributed by atoms with Crippen molar-refractivity contribution in [3.05, 3.63) is 29.3 Å². The molecular formula is C16H21N3O4. The van der Waals surface area contributed by atoms with E-state index in [1.54, 1.807) is 0 Å². The Labute approximate surface area is 135 Å². The van der Waals surface area contributed by atoms with E-state index in [2.05, 4.69) is 10.9 Å². The molecule has 1 saturated heterocycles. The van der Waals surface area contributed by atoms with Gasteiger partial charge in [0.15, 0.2) is 6.61 Å². The first-order valence-electron chi connectivity index (χ1n) is 7.50. The van der Waals surface area contributed by atoms with Crippen molar-refractivity contribution < 1.29 is 19.1 Å². The maximum absolute atomic E-state index is 11.7. The molecule has 7 heteroatoms. The summed E-state index contributed by atoms with van der Waals surface area (Å²) < 4.78 is 5.38. The number of nitrogens with zero attached hydrogens (tertiary/aromatic N) is 1. The lowest BCUT2D eigenvalue weighted by Crippen LogP contribution is -2.48. The van der Waals surface area contributed by atoms with E-state index in [0.29, 0.717) is 18.7 Å². The molecule has 0 radical (unpaired) electrons. The first kappa shape index (κ1) is 16.8. The lowest BCUT2D eigenvalue weighted by atomic mass is 10.1. The highest BCUT2D eigenvalue weighted by molar-refractivity contribution is 5.87. The number of likely N-dealkylation sites (tertiary alicyclic amines) is 1. The number of amides is 3. The second-order valence-electron chi connectivity index (χ2n) is 5.63. The highest BCUT2D eigenvalue weighted by Crippen LogP contribution is 2.15. The molecule has 1 heterocycles. The van der Waals surface area contributed by atoms with Crippen molar-refractivity contribution in [2.45, 2.75) is 26.7 Å². The third-order valence-corrected chi connectivity index (χ3v) is 3.41. The molecule has 1 aromatic carbocycles. The van der Waals surface area contributed by atoms with E-state index in [0.717, 1.165) is 17.5 Å². The monoisotopic (exact) mass is 319 g/mol. The molecule has 0 aliphatic carbocycles. The van der Waals surface area contributed by atoms with E-state index in [4.69, 9.17) is 4.74 Å². The standard InChI is InChI=1S/C16H21N3O4/c1-11-6-12(2)8-13(7-11)23-10-15(21)18-17-14(20)9-19-5-3-4-16(19)22/h6-8H,3-5,9-10H2,1-2H3,(H,17,20)(H,18,21). The third-order valence-electron chi connectivity index (χ3n) is 3.41. The maximum Gasteiger partial charge on any atom is 0.276 e. The van der Waals surface area contributed by atoms with Gasteiger partial charge >= 0.3 is 0 Å². The Hall–Kier alpha value is -2.57. The summed E-state index contributed by atoms with van der Waals surface area (Å²) in [4.78, 5) is 36.2. The topological polar surface area (TPSA) is 87.7 Å². The molecule has 1 fully saturated rings. The summed E-state index contributed by atoms with van der Waals surface area (Å²) in [7, 11) is 0. The lowest BCUT2D eigenvalue weighted by molar-refractivity contribution is -0.134. The number of hydrogen-bond donors (Lipinski definition) is 2. The van der Waals surface area contributed by atoms with Crippen molar-refractivity contribution in [1.82, 2.24) is 15.8 Å². The maximum atomic E-state index is 11.7. The Balaban J connectivity index is 1.70. The number of hydrogen-bond acceptors (Lipinski definition) is 4. The Morgan fingerprint density at radius 1 is 1.13 bits per heavy atom. The van der Waals surface area contributed by atoms with Crippen LogP contribution in [0.3, 0.4) is 0 Å². The number of benzene rings is 1. The van der Waals surface area contributed by atoms with Crippen LogP contribution < -0.4 is 15.6 Å². The molecule has 124 valence electrons. The minimum atomic E-state index is -0.467. The first-order chi connectivity index (χ1) is 10.9. The van der Waals surface area contributed by atoms with Crippen molar-refractivity contribution in [3.8, 4) is 5.75 Å². The Bertz CT molecular complexity index is 595. The van der Waals surface area contributed by atoms with E-state index in [1.807, 2.05) is 32.0 Å². The predicted molar refractivity (Wildman–Crippen MR) is 83.5 cm³/mol. The van der Waals surface area contributed by atoms with Gasteiger partial charge < -0.3 is 9.64 Å². The van der Waals surface area contributed by atoms with Crippen molar-refractivity contribution in [3.63, 3.8) is 0 Å². The van der Waals surface area contributed by atoms with Crippen LogP contribution >= 0.6 is 0 Å². The summed E-state index contributed by atoms with van der Waals surface area (Å²) in [6.45, 7) is 4.22. The van der Waals surface area contributed by atoms with E-state index in [9.17, 15) is 14.4 Å². The SMILES string of the molecule is Cc1cc(C)cc(OCC(=O)NNC(=O)CN2CCCC2=O)c1. The Kier molecular flexibility index (Phi) is 5.56. The summed E-state index contributed by atoms with van der Waals surface area (Å²) in [5.41, 5.74) is 6.64. The fourth-order valence-corrected chi connectivity index (χ4v) is 2.42. The minimum Gasteiger partial charge on any atom is -0.484 e. The normalized spacial score (nSPS) is 13.8. The van der Waals surface area contributed by atoms with Crippen molar-refractivity contribution in [2.75, 3.05) is 19.7 Å². The molecule has 23 heavy (non-hydrogen) atoms. The number of aryl methyl sites for hydroxylation is 2. The van der Waals surface area contributed by atoms with Crippen LogP contribution in [-0.4, -0.2) is 42.3 Å². The molecule has 7 nitrogen and oxygen atoms in total. The number of carbonyl (C=O) groups is 3. The lowest BCUT2D eigenvalue weighted by Gasteiger charge is -2.15. The van der Waals surface area contributed by atoms with Gasteiger partial charge in [0.05, 0.1) is 0 Å². The summed E-state index contributed by atoms with van der Waals surface area (Å²) in [5.74, 6) is -0.332. The molecule has 0 atom stereocenters. The summed E-state index contributed by atoms with van der Waals surface area (Å²) in [5, 5.41) is 0. The van der Waals surface area contributed by atoms with Gasteiger partial charge in [0.25, 0.3) is 11.8 Å². The van der Waals surface area contributed by atoms with Gasteiger partial charge in [-0.2, -0.15) is 0 Å². The van der Waals surface area contributed by atoms with E-state index in [1.165, 1.54) is 4.90 Å². The first-order valence-corrected chi connectivity index (χ1v) is 7.50. The molecule has 1 aromatic rings. The fraction of sp³-hybridized carbons (Fsp3) is 0.438. The van der Waals surface area contributed by atoms with Crippen molar-refractivity contribution in [2.24, 2.45) is 0 Å². The number of rotatable bonds is 5. The smallest absolute Gasteiger partial charge is 0.276 e. The number of carbonyl (C=O) groups excluding carboxylic acids is 3. The Morgan fingerprint density at radius 3 is 2.39 bits per heavy atom. The van der Waals surface area contributed by atoms with E-state index < -0.39 is 11.8 Å². The van der Waals surface area contributed by atoms with Gasteiger partial charge in [-0.15, -0.1) is 0 Å². The molecule has 0 unspecified atom stereocenters. The van der Waals surface area contributed by atoms with E-state index >= 15 is 0 Å². The van der Waals surface area contributed by atoms with Crippen LogP contribution in [0.5, 0.6) is 5.75 Å². The zero-order valence-electron chi connectivity index (χ0n) is 13.3. The van der Waals surface area contributed by atoms with Crippen molar-refractivity contribution in [1.29, 1.82) is 0 Å². The zero-order valence-corrected chi connectivity index (χ0v) is 13.3. The molecule has 2 N–H and O–H groups in total. The minimum absolute atomic E-state index is 0.0374. The second-order valence-corrected chi connectivity index (χ2v) is 5.63. The second kappa shape index (κ2) is 7.62. The summed E-state index contributed by atoms with van der Waals surface area (Å²) in [6.07, 6.45) is 1.24. The molecule has 0 spiro atoms. The molecule has 0 bridgehead atoms. The number of ether oxygens (including phenoxy) is 1. The van der Waals surface area contributed by atoms with Gasteiger partial charge in [-0.25, -0.2) is 0 Å². The van der Waals surface area contributed by atoms with Gasteiger partial charge in [0, 0.05) is 13.0 Å². The van der Waals surface area contributed by atoms with Crippen molar-refractivity contribution >= 4 is 17.7 Å². The average molecular weight is 319 g/mol.